The lowest BCUT2D eigenvalue weighted by molar-refractivity contribution is -0.116. The molecule has 15 heavy (non-hydrogen) atoms. The first-order valence-electron chi connectivity index (χ1n) is 4.95. The van der Waals surface area contributed by atoms with Crippen LogP contribution in [0.5, 0.6) is 5.75 Å². The summed E-state index contributed by atoms with van der Waals surface area (Å²) in [7, 11) is 0. The number of amides is 1. The third-order valence-electron chi connectivity index (χ3n) is 2.51. The molecule has 4 heteroatoms. The van der Waals surface area contributed by atoms with Gasteiger partial charge in [0.2, 0.25) is 5.91 Å². The second-order valence-electron chi connectivity index (χ2n) is 3.88. The summed E-state index contributed by atoms with van der Waals surface area (Å²) in [6.07, 6.45) is 0. The first kappa shape index (κ1) is 9.83. The van der Waals surface area contributed by atoms with Crippen molar-refractivity contribution in [3.8, 4) is 5.75 Å². The summed E-state index contributed by atoms with van der Waals surface area (Å²) in [6.45, 7) is 4.21. The van der Waals surface area contributed by atoms with Crippen molar-refractivity contribution < 1.29 is 9.90 Å². The summed E-state index contributed by atoms with van der Waals surface area (Å²) in [6, 6.07) is 5.18. The maximum atomic E-state index is 11.4. The van der Waals surface area contributed by atoms with Crippen LogP contribution in [0.4, 0.5) is 11.4 Å². The van der Waals surface area contributed by atoms with Gasteiger partial charge >= 0.3 is 0 Å². The number of carbonyl (C=O) groups is 1. The van der Waals surface area contributed by atoms with Crippen LogP contribution in [-0.2, 0) is 4.79 Å². The number of nitrogens with zero attached hydrogens (tertiary/aromatic N) is 1. The summed E-state index contributed by atoms with van der Waals surface area (Å²) < 4.78 is 0. The molecule has 2 N–H and O–H groups in total. The van der Waals surface area contributed by atoms with Crippen LogP contribution in [0.3, 0.4) is 0 Å². The zero-order valence-corrected chi connectivity index (χ0v) is 8.82. The number of carbonyl (C=O) groups excluding carboxylic acids is 1. The quantitative estimate of drug-likeness (QED) is 0.677. The molecule has 1 atom stereocenters. The van der Waals surface area contributed by atoms with Gasteiger partial charge < -0.3 is 15.3 Å². The summed E-state index contributed by atoms with van der Waals surface area (Å²) >= 11 is 0. The van der Waals surface area contributed by atoms with Crippen LogP contribution in [0.15, 0.2) is 18.2 Å². The van der Waals surface area contributed by atoms with Gasteiger partial charge in [0.15, 0.2) is 0 Å². The van der Waals surface area contributed by atoms with E-state index in [-0.39, 0.29) is 17.7 Å². The van der Waals surface area contributed by atoms with Gasteiger partial charge in [0.05, 0.1) is 11.4 Å². The Balaban J connectivity index is 2.46. The summed E-state index contributed by atoms with van der Waals surface area (Å²) in [5, 5.41) is 12.6. The molecule has 80 valence electrons. The average molecular weight is 206 g/mol. The van der Waals surface area contributed by atoms with Gasteiger partial charge in [-0.1, -0.05) is 0 Å². The van der Waals surface area contributed by atoms with E-state index >= 15 is 0 Å². The van der Waals surface area contributed by atoms with Crippen molar-refractivity contribution in [2.24, 2.45) is 0 Å². The summed E-state index contributed by atoms with van der Waals surface area (Å²) in [5.74, 6) is 0.231. The molecular weight excluding hydrogens is 192 g/mol. The predicted molar refractivity (Wildman–Crippen MR) is 59.2 cm³/mol. The summed E-state index contributed by atoms with van der Waals surface area (Å²) in [5.41, 5.74) is 1.64. The molecule has 1 aromatic rings. The molecule has 1 aliphatic rings. The van der Waals surface area contributed by atoms with E-state index in [4.69, 9.17) is 0 Å². The van der Waals surface area contributed by atoms with E-state index in [1.165, 1.54) is 0 Å². The molecule has 1 aromatic carbocycles. The Morgan fingerprint density at radius 3 is 3.00 bits per heavy atom. The molecule has 0 unspecified atom stereocenters. The van der Waals surface area contributed by atoms with E-state index in [2.05, 4.69) is 5.32 Å². The number of rotatable bonds is 0. The minimum absolute atomic E-state index is 0.0234. The fourth-order valence-corrected chi connectivity index (χ4v) is 1.86. The number of phenols is 1. The number of hydrogen-bond donors (Lipinski definition) is 2. The maximum Gasteiger partial charge on any atom is 0.223 e. The largest absolute Gasteiger partial charge is 0.508 e. The van der Waals surface area contributed by atoms with Crippen molar-refractivity contribution in [2.45, 2.75) is 19.9 Å². The monoisotopic (exact) mass is 206 g/mol. The molecule has 2 rings (SSSR count). The molecule has 1 aliphatic heterocycles. The number of fused-ring (bicyclic) bond motifs is 1. The highest BCUT2D eigenvalue weighted by Gasteiger charge is 2.23. The second kappa shape index (κ2) is 3.46. The van der Waals surface area contributed by atoms with E-state index in [1.807, 2.05) is 6.92 Å². The van der Waals surface area contributed by atoms with Crippen molar-refractivity contribution >= 4 is 17.3 Å². The van der Waals surface area contributed by atoms with Gasteiger partial charge in [0.25, 0.3) is 0 Å². The maximum absolute atomic E-state index is 11.4. The molecule has 0 radical (unpaired) electrons. The molecule has 1 heterocycles. The number of phenolic OH excluding ortho intramolecular Hbond substituents is 1. The van der Waals surface area contributed by atoms with Crippen molar-refractivity contribution in [3.63, 3.8) is 0 Å². The number of benzene rings is 1. The second-order valence-corrected chi connectivity index (χ2v) is 3.88. The molecule has 4 nitrogen and oxygen atoms in total. The molecule has 0 saturated heterocycles. The minimum atomic E-state index is 0.0234. The Hall–Kier alpha value is -1.71. The third kappa shape index (κ3) is 1.75. The van der Waals surface area contributed by atoms with Gasteiger partial charge in [-0.25, -0.2) is 0 Å². The smallest absolute Gasteiger partial charge is 0.223 e. The molecular formula is C11H14N2O2. The van der Waals surface area contributed by atoms with Crippen LogP contribution < -0.4 is 10.2 Å². The van der Waals surface area contributed by atoms with Crippen molar-refractivity contribution in [1.82, 2.24) is 0 Å². The SMILES string of the molecule is CC(=O)N1C[C@H](C)Nc2cc(O)ccc21. The van der Waals surface area contributed by atoms with E-state index < -0.39 is 0 Å². The topological polar surface area (TPSA) is 52.6 Å². The first-order chi connectivity index (χ1) is 7.08. The fraction of sp³-hybridized carbons (Fsp3) is 0.364. The van der Waals surface area contributed by atoms with Gasteiger partial charge in [0.1, 0.15) is 5.75 Å². The highest BCUT2D eigenvalue weighted by atomic mass is 16.3. The molecule has 1 amide bonds. The molecule has 0 fully saturated rings. The Morgan fingerprint density at radius 2 is 2.33 bits per heavy atom. The zero-order valence-electron chi connectivity index (χ0n) is 8.82. The van der Waals surface area contributed by atoms with Crippen LogP contribution in [-0.4, -0.2) is 23.6 Å². The van der Waals surface area contributed by atoms with E-state index in [0.29, 0.717) is 6.54 Å². The van der Waals surface area contributed by atoms with Gasteiger partial charge in [-0.2, -0.15) is 0 Å². The predicted octanol–water partition coefficient (Wildman–Crippen LogP) is 1.56. The van der Waals surface area contributed by atoms with Crippen molar-refractivity contribution in [3.05, 3.63) is 18.2 Å². The lowest BCUT2D eigenvalue weighted by atomic mass is 10.1. The molecule has 0 bridgehead atoms. The van der Waals surface area contributed by atoms with E-state index in [0.717, 1.165) is 11.4 Å². The average Bonchev–Trinajstić information content (AvgIpc) is 2.15. The Labute approximate surface area is 88.5 Å². The van der Waals surface area contributed by atoms with E-state index in [9.17, 15) is 9.90 Å². The van der Waals surface area contributed by atoms with E-state index in [1.54, 1.807) is 30.0 Å². The number of aromatic hydroxyl groups is 1. The Kier molecular flexibility index (Phi) is 2.26. The Bertz CT molecular complexity index is 404. The van der Waals surface area contributed by atoms with Gasteiger partial charge in [0, 0.05) is 25.6 Å². The highest BCUT2D eigenvalue weighted by Crippen LogP contribution is 2.33. The zero-order chi connectivity index (χ0) is 11.0. The van der Waals surface area contributed by atoms with Gasteiger partial charge in [-0.15, -0.1) is 0 Å². The van der Waals surface area contributed by atoms with Crippen LogP contribution in [0, 0.1) is 0 Å². The van der Waals surface area contributed by atoms with Crippen LogP contribution in [0.2, 0.25) is 0 Å². The normalized spacial score (nSPS) is 19.3. The lowest BCUT2D eigenvalue weighted by Gasteiger charge is -2.33. The van der Waals surface area contributed by atoms with Gasteiger partial charge in [-0.05, 0) is 19.1 Å². The third-order valence-corrected chi connectivity index (χ3v) is 2.51. The number of anilines is 2. The summed E-state index contributed by atoms with van der Waals surface area (Å²) in [4.78, 5) is 13.1. The van der Waals surface area contributed by atoms with Crippen LogP contribution in [0.25, 0.3) is 0 Å². The molecule has 0 saturated carbocycles. The first-order valence-corrected chi connectivity index (χ1v) is 4.95. The van der Waals surface area contributed by atoms with Crippen molar-refractivity contribution in [1.29, 1.82) is 0 Å². The standard InChI is InChI=1S/C11H14N2O2/c1-7-6-13(8(2)14)11-4-3-9(15)5-10(11)12-7/h3-5,7,12,15H,6H2,1-2H3/t7-/m0/s1. The minimum Gasteiger partial charge on any atom is -0.508 e. The Morgan fingerprint density at radius 1 is 1.60 bits per heavy atom. The highest BCUT2D eigenvalue weighted by molar-refractivity contribution is 5.96. The molecule has 0 aromatic heterocycles. The van der Waals surface area contributed by atoms with Crippen LogP contribution >= 0.6 is 0 Å². The fourth-order valence-electron chi connectivity index (χ4n) is 1.86. The number of nitrogens with one attached hydrogen (secondary N) is 1. The molecule has 0 spiro atoms. The van der Waals surface area contributed by atoms with Crippen molar-refractivity contribution in [2.75, 3.05) is 16.8 Å². The van der Waals surface area contributed by atoms with Gasteiger partial charge in [-0.3, -0.25) is 4.79 Å². The molecule has 0 aliphatic carbocycles. The lowest BCUT2D eigenvalue weighted by Crippen LogP contribution is -2.42. The number of hydrogen-bond acceptors (Lipinski definition) is 3. The van der Waals surface area contributed by atoms with Crippen LogP contribution in [0.1, 0.15) is 13.8 Å².